The summed E-state index contributed by atoms with van der Waals surface area (Å²) >= 11 is 0. The minimum Gasteiger partial charge on any atom is -0.478 e. The zero-order valence-corrected chi connectivity index (χ0v) is 11.8. The van der Waals surface area contributed by atoms with Crippen LogP contribution in [0.3, 0.4) is 0 Å². The number of halogens is 2. The predicted molar refractivity (Wildman–Crippen MR) is 71.8 cm³/mol. The lowest BCUT2D eigenvalue weighted by Crippen LogP contribution is -2.35. The Morgan fingerprint density at radius 2 is 1.81 bits per heavy atom. The van der Waals surface area contributed by atoms with Crippen molar-refractivity contribution < 1.29 is 28.2 Å². The highest BCUT2D eigenvalue weighted by atomic mass is 19.1. The Morgan fingerprint density at radius 3 is 2.24 bits per heavy atom. The van der Waals surface area contributed by atoms with Crippen molar-refractivity contribution in [3.8, 4) is 5.75 Å². The van der Waals surface area contributed by atoms with E-state index in [2.05, 4.69) is 0 Å². The summed E-state index contributed by atoms with van der Waals surface area (Å²) in [6.07, 6.45) is 0.754. The zero-order chi connectivity index (χ0) is 16.2. The molecule has 21 heavy (non-hydrogen) atoms. The van der Waals surface area contributed by atoms with Crippen LogP contribution in [0.5, 0.6) is 5.75 Å². The number of hydrogen-bond donors (Lipinski definition) is 1. The average Bonchev–Trinajstić information content (AvgIpc) is 2.39. The Hall–Kier alpha value is -2.44. The molecule has 5 nitrogen and oxygen atoms in total. The highest BCUT2D eigenvalue weighted by Gasteiger charge is 2.21. The summed E-state index contributed by atoms with van der Waals surface area (Å²) in [7, 11) is 2.99. The lowest BCUT2D eigenvalue weighted by molar-refractivity contribution is -0.135. The van der Waals surface area contributed by atoms with Crippen molar-refractivity contribution in [3.63, 3.8) is 0 Å². The molecule has 0 saturated heterocycles. The topological polar surface area (TPSA) is 66.8 Å². The summed E-state index contributed by atoms with van der Waals surface area (Å²) in [5.74, 6) is -4.38. The first-order valence-corrected chi connectivity index (χ1v) is 6.00. The van der Waals surface area contributed by atoms with Crippen LogP contribution in [0.2, 0.25) is 0 Å². The van der Waals surface area contributed by atoms with Crippen molar-refractivity contribution in [3.05, 3.63) is 35.4 Å². The van der Waals surface area contributed by atoms with Crippen molar-refractivity contribution >= 4 is 18.0 Å². The Balaban J connectivity index is 3.00. The average molecular weight is 299 g/mol. The molecule has 0 aliphatic rings. The molecule has 0 heterocycles. The van der Waals surface area contributed by atoms with Gasteiger partial charge in [-0.2, -0.15) is 0 Å². The number of ether oxygens (including phenoxy) is 1. The molecule has 0 aliphatic heterocycles. The van der Waals surface area contributed by atoms with E-state index in [0.717, 1.165) is 24.3 Å². The van der Waals surface area contributed by atoms with E-state index in [1.165, 1.54) is 25.9 Å². The van der Waals surface area contributed by atoms with Gasteiger partial charge < -0.3 is 14.7 Å². The number of benzene rings is 1. The number of likely N-dealkylation sites (N-methyl/N-ethyl adjacent to an activating group) is 1. The second-order valence-corrected chi connectivity index (χ2v) is 4.48. The summed E-state index contributed by atoms with van der Waals surface area (Å²) in [6, 6.07) is 1.84. The molecule has 0 bridgehead atoms. The minimum atomic E-state index is -1.23. The highest BCUT2D eigenvalue weighted by molar-refractivity contribution is 5.85. The Bertz CT molecular complexity index is 561. The molecule has 1 amide bonds. The van der Waals surface area contributed by atoms with Gasteiger partial charge in [0.15, 0.2) is 23.5 Å². The van der Waals surface area contributed by atoms with Gasteiger partial charge in [-0.15, -0.1) is 0 Å². The fourth-order valence-electron chi connectivity index (χ4n) is 1.55. The van der Waals surface area contributed by atoms with Gasteiger partial charge in [-0.3, -0.25) is 4.79 Å². The molecule has 1 N–H and O–H groups in total. The van der Waals surface area contributed by atoms with Gasteiger partial charge in [-0.1, -0.05) is 0 Å². The van der Waals surface area contributed by atoms with Gasteiger partial charge in [-0.05, 0) is 30.7 Å². The van der Waals surface area contributed by atoms with Crippen LogP contribution in [0.15, 0.2) is 18.2 Å². The number of rotatable bonds is 5. The van der Waals surface area contributed by atoms with Gasteiger partial charge >= 0.3 is 5.97 Å². The smallest absolute Gasteiger partial charge is 0.328 e. The number of hydrogen-bond acceptors (Lipinski definition) is 3. The first kappa shape index (κ1) is 16.6. The summed E-state index contributed by atoms with van der Waals surface area (Å²) in [4.78, 5) is 23.2. The van der Waals surface area contributed by atoms with Gasteiger partial charge in [0.05, 0.1) is 0 Å². The molecule has 1 rings (SSSR count). The first-order chi connectivity index (χ1) is 9.72. The largest absolute Gasteiger partial charge is 0.478 e. The van der Waals surface area contributed by atoms with E-state index in [1.807, 2.05) is 0 Å². The van der Waals surface area contributed by atoms with Gasteiger partial charge in [0.2, 0.25) is 0 Å². The minimum absolute atomic E-state index is 0.0336. The number of carbonyl (C=O) groups is 2. The lowest BCUT2D eigenvalue weighted by atomic mass is 10.2. The standard InChI is InChI=1S/C14H15F2NO4/c1-8(14(20)17(2)3)21-13-10(15)6-9(7-11(13)16)4-5-12(18)19/h4-8H,1-3H3,(H,18,19). The molecule has 0 spiro atoms. The van der Waals surface area contributed by atoms with Crippen LogP contribution in [0.4, 0.5) is 8.78 Å². The van der Waals surface area contributed by atoms with Gasteiger partial charge in [0.25, 0.3) is 5.91 Å². The third-order valence-corrected chi connectivity index (χ3v) is 2.52. The van der Waals surface area contributed by atoms with E-state index in [0.29, 0.717) is 0 Å². The molecular weight excluding hydrogens is 284 g/mol. The Labute approximate surface area is 120 Å². The van der Waals surface area contributed by atoms with Crippen LogP contribution in [0.1, 0.15) is 12.5 Å². The van der Waals surface area contributed by atoms with Crippen LogP contribution >= 0.6 is 0 Å². The summed E-state index contributed by atoms with van der Waals surface area (Å²) in [5, 5.41) is 8.46. The van der Waals surface area contributed by atoms with Gasteiger partial charge in [0.1, 0.15) is 0 Å². The predicted octanol–water partition coefficient (Wildman–Crippen LogP) is 1.92. The van der Waals surface area contributed by atoms with Gasteiger partial charge in [-0.25, -0.2) is 13.6 Å². The molecule has 114 valence electrons. The van der Waals surface area contributed by atoms with E-state index in [-0.39, 0.29) is 5.56 Å². The zero-order valence-electron chi connectivity index (χ0n) is 11.8. The molecule has 1 atom stereocenters. The monoisotopic (exact) mass is 299 g/mol. The normalized spacial score (nSPS) is 12.2. The number of aliphatic carboxylic acids is 1. The molecule has 1 aromatic rings. The maximum atomic E-state index is 13.8. The second-order valence-electron chi connectivity index (χ2n) is 4.48. The van der Waals surface area contributed by atoms with E-state index < -0.39 is 35.4 Å². The van der Waals surface area contributed by atoms with E-state index in [1.54, 1.807) is 0 Å². The third-order valence-electron chi connectivity index (χ3n) is 2.52. The van der Waals surface area contributed by atoms with Crippen LogP contribution in [0.25, 0.3) is 6.08 Å². The van der Waals surface area contributed by atoms with Crippen molar-refractivity contribution in [1.82, 2.24) is 4.90 Å². The number of carboxylic acid groups (broad SMARTS) is 1. The number of amides is 1. The van der Waals surface area contributed by atoms with Crippen LogP contribution in [-0.2, 0) is 9.59 Å². The fraction of sp³-hybridized carbons (Fsp3) is 0.286. The highest BCUT2D eigenvalue weighted by Crippen LogP contribution is 2.25. The molecular formula is C14H15F2NO4. The molecule has 1 aromatic carbocycles. The molecule has 1 unspecified atom stereocenters. The van der Waals surface area contributed by atoms with Gasteiger partial charge in [0, 0.05) is 20.2 Å². The van der Waals surface area contributed by atoms with Crippen molar-refractivity contribution in [1.29, 1.82) is 0 Å². The molecule has 0 radical (unpaired) electrons. The van der Waals surface area contributed by atoms with E-state index >= 15 is 0 Å². The van der Waals surface area contributed by atoms with E-state index in [9.17, 15) is 18.4 Å². The van der Waals surface area contributed by atoms with Crippen LogP contribution < -0.4 is 4.74 Å². The van der Waals surface area contributed by atoms with Crippen LogP contribution in [-0.4, -0.2) is 42.1 Å². The number of nitrogens with zero attached hydrogens (tertiary/aromatic N) is 1. The quantitative estimate of drug-likeness (QED) is 0.844. The summed E-state index contributed by atoms with van der Waals surface area (Å²) in [5.41, 5.74) is 0.0336. The van der Waals surface area contributed by atoms with Crippen molar-refractivity contribution in [2.45, 2.75) is 13.0 Å². The summed E-state index contributed by atoms with van der Waals surface area (Å²) < 4.78 is 32.6. The Kier molecular flexibility index (Phi) is 5.40. The second kappa shape index (κ2) is 6.83. The maximum absolute atomic E-state index is 13.8. The van der Waals surface area contributed by atoms with Crippen molar-refractivity contribution in [2.24, 2.45) is 0 Å². The number of carboxylic acids is 1. The van der Waals surface area contributed by atoms with Crippen molar-refractivity contribution in [2.75, 3.05) is 14.1 Å². The lowest BCUT2D eigenvalue weighted by Gasteiger charge is -2.19. The van der Waals surface area contributed by atoms with E-state index in [4.69, 9.17) is 9.84 Å². The first-order valence-electron chi connectivity index (χ1n) is 6.00. The van der Waals surface area contributed by atoms with Crippen LogP contribution in [0, 0.1) is 11.6 Å². The molecule has 0 fully saturated rings. The maximum Gasteiger partial charge on any atom is 0.328 e. The Morgan fingerprint density at radius 1 is 1.29 bits per heavy atom. The molecule has 0 aromatic heterocycles. The third kappa shape index (κ3) is 4.55. The SMILES string of the molecule is CC(Oc1c(F)cc(C=CC(=O)O)cc1F)C(=O)N(C)C. The molecule has 7 heteroatoms. The molecule has 0 aliphatic carbocycles. The molecule has 0 saturated carbocycles. The fourth-order valence-corrected chi connectivity index (χ4v) is 1.55. The number of carbonyl (C=O) groups excluding carboxylic acids is 1. The summed E-state index contributed by atoms with van der Waals surface area (Å²) in [6.45, 7) is 1.37.